The van der Waals surface area contributed by atoms with E-state index in [9.17, 15) is 9.18 Å². The van der Waals surface area contributed by atoms with E-state index >= 15 is 0 Å². The smallest absolute Gasteiger partial charge is 0.251 e. The van der Waals surface area contributed by atoms with Crippen LogP contribution in [0, 0.1) is 5.82 Å². The summed E-state index contributed by atoms with van der Waals surface area (Å²) in [5, 5.41) is -0.592. The highest BCUT2D eigenvalue weighted by Gasteiger charge is 2.22. The summed E-state index contributed by atoms with van der Waals surface area (Å²) in [7, 11) is 0. The molecule has 0 spiro atoms. The number of halogens is 1. The molecular weight excluding hydrogens is 277 g/mol. The van der Waals surface area contributed by atoms with E-state index in [2.05, 4.69) is 5.43 Å². The van der Waals surface area contributed by atoms with Crippen molar-refractivity contribution in [3.8, 4) is 0 Å². The van der Waals surface area contributed by atoms with E-state index in [-0.39, 0.29) is 5.91 Å². The molecule has 6 heteroatoms. The number of nitrogen functional groups attached to an aromatic ring is 1. The number of anilines is 1. The van der Waals surface area contributed by atoms with E-state index in [1.165, 1.54) is 18.2 Å². The second-order valence-corrected chi connectivity index (χ2v) is 5.25. The summed E-state index contributed by atoms with van der Waals surface area (Å²) in [6, 6.07) is 13.2. The Kier molecular flexibility index (Phi) is 4.60. The average Bonchev–Trinajstić information content (AvgIpc) is 2.48. The van der Waals surface area contributed by atoms with Gasteiger partial charge in [0.15, 0.2) is 0 Å². The van der Waals surface area contributed by atoms with Gasteiger partial charge in [-0.3, -0.25) is 10.2 Å². The second-order valence-electron chi connectivity index (χ2n) is 4.10. The summed E-state index contributed by atoms with van der Waals surface area (Å²) in [4.78, 5) is 12.4. The topological polar surface area (TPSA) is 81.1 Å². The molecule has 1 atom stereocenters. The number of amides is 1. The van der Waals surface area contributed by atoms with Crippen molar-refractivity contribution in [1.29, 1.82) is 0 Å². The largest absolute Gasteiger partial charge is 0.398 e. The standard InChI is InChI=1S/C14H14FN3OS/c15-10-6-7-11(16)12(8-10)20-13(14(19)18-17)9-4-2-1-3-5-9/h1-8,13H,16-17H2,(H,18,19). The van der Waals surface area contributed by atoms with Crippen LogP contribution < -0.4 is 17.0 Å². The third-order valence-electron chi connectivity index (χ3n) is 2.70. The molecule has 0 aliphatic heterocycles. The van der Waals surface area contributed by atoms with Crippen LogP contribution in [0.2, 0.25) is 0 Å². The van der Waals surface area contributed by atoms with Gasteiger partial charge < -0.3 is 5.73 Å². The quantitative estimate of drug-likeness (QED) is 0.265. The molecule has 104 valence electrons. The molecular formula is C14H14FN3OS. The zero-order valence-corrected chi connectivity index (χ0v) is 11.4. The van der Waals surface area contributed by atoms with Gasteiger partial charge in [0.1, 0.15) is 11.1 Å². The van der Waals surface area contributed by atoms with E-state index < -0.39 is 11.1 Å². The Labute approximate surface area is 120 Å². The number of thioether (sulfide) groups is 1. The van der Waals surface area contributed by atoms with Crippen molar-refractivity contribution in [3.05, 3.63) is 59.9 Å². The molecule has 1 amide bonds. The number of carbonyl (C=O) groups excluding carboxylic acids is 1. The first-order chi connectivity index (χ1) is 9.61. The zero-order chi connectivity index (χ0) is 14.5. The Hall–Kier alpha value is -2.05. The number of hydrogen-bond acceptors (Lipinski definition) is 4. The number of benzene rings is 2. The van der Waals surface area contributed by atoms with Crippen LogP contribution in [0.15, 0.2) is 53.4 Å². The molecule has 0 saturated heterocycles. The fraction of sp³-hybridized carbons (Fsp3) is 0.0714. The van der Waals surface area contributed by atoms with E-state index in [4.69, 9.17) is 11.6 Å². The van der Waals surface area contributed by atoms with Crippen molar-refractivity contribution < 1.29 is 9.18 Å². The lowest BCUT2D eigenvalue weighted by Crippen LogP contribution is -2.33. The first-order valence-electron chi connectivity index (χ1n) is 5.89. The van der Waals surface area contributed by atoms with Gasteiger partial charge in [0.25, 0.3) is 5.91 Å². The molecule has 20 heavy (non-hydrogen) atoms. The van der Waals surface area contributed by atoms with Gasteiger partial charge in [0, 0.05) is 10.6 Å². The highest BCUT2D eigenvalue weighted by Crippen LogP contribution is 2.38. The number of carbonyl (C=O) groups is 1. The number of nitrogens with two attached hydrogens (primary N) is 2. The zero-order valence-electron chi connectivity index (χ0n) is 10.5. The molecule has 2 aromatic rings. The number of hydrogen-bond donors (Lipinski definition) is 3. The molecule has 0 aliphatic rings. The van der Waals surface area contributed by atoms with Crippen LogP contribution in [-0.4, -0.2) is 5.91 Å². The lowest BCUT2D eigenvalue weighted by Gasteiger charge is -2.16. The molecule has 5 N–H and O–H groups in total. The SMILES string of the molecule is NNC(=O)C(Sc1cc(F)ccc1N)c1ccccc1. The number of hydrazine groups is 1. The Morgan fingerprint density at radius 3 is 2.55 bits per heavy atom. The molecule has 2 aromatic carbocycles. The summed E-state index contributed by atoms with van der Waals surface area (Å²) >= 11 is 1.16. The van der Waals surface area contributed by atoms with Crippen LogP contribution in [0.25, 0.3) is 0 Å². The lowest BCUT2D eigenvalue weighted by molar-refractivity contribution is -0.120. The van der Waals surface area contributed by atoms with Crippen molar-refractivity contribution in [2.75, 3.05) is 5.73 Å². The van der Waals surface area contributed by atoms with Gasteiger partial charge in [0.2, 0.25) is 0 Å². The van der Waals surface area contributed by atoms with Crippen LogP contribution in [0.4, 0.5) is 10.1 Å². The van der Waals surface area contributed by atoms with Gasteiger partial charge in [-0.15, -0.1) is 11.8 Å². The average molecular weight is 291 g/mol. The lowest BCUT2D eigenvalue weighted by atomic mass is 10.1. The minimum atomic E-state index is -0.592. The third kappa shape index (κ3) is 3.28. The fourth-order valence-electron chi connectivity index (χ4n) is 1.71. The summed E-state index contributed by atoms with van der Waals surface area (Å²) in [6.45, 7) is 0. The maximum absolute atomic E-state index is 13.3. The summed E-state index contributed by atoms with van der Waals surface area (Å²) in [5.74, 6) is 4.44. The summed E-state index contributed by atoms with van der Waals surface area (Å²) < 4.78 is 13.3. The predicted octanol–water partition coefficient (Wildman–Crippen LogP) is 2.23. The van der Waals surface area contributed by atoms with Gasteiger partial charge in [0.05, 0.1) is 0 Å². The molecule has 1 unspecified atom stereocenters. The monoisotopic (exact) mass is 291 g/mol. The molecule has 0 fully saturated rings. The van der Waals surface area contributed by atoms with E-state index in [1.807, 2.05) is 30.3 Å². The maximum Gasteiger partial charge on any atom is 0.251 e. The third-order valence-corrected chi connectivity index (χ3v) is 4.03. The first-order valence-corrected chi connectivity index (χ1v) is 6.77. The molecule has 4 nitrogen and oxygen atoms in total. The van der Waals surface area contributed by atoms with Crippen molar-refractivity contribution in [3.63, 3.8) is 0 Å². The Bertz CT molecular complexity index is 607. The minimum Gasteiger partial charge on any atom is -0.398 e. The fourth-order valence-corrected chi connectivity index (χ4v) is 2.82. The Morgan fingerprint density at radius 1 is 1.20 bits per heavy atom. The first kappa shape index (κ1) is 14.4. The molecule has 0 aromatic heterocycles. The van der Waals surface area contributed by atoms with Crippen molar-refractivity contribution in [2.45, 2.75) is 10.1 Å². The minimum absolute atomic E-state index is 0.370. The van der Waals surface area contributed by atoms with Gasteiger partial charge in [-0.1, -0.05) is 30.3 Å². The van der Waals surface area contributed by atoms with Crippen LogP contribution in [0.1, 0.15) is 10.8 Å². The molecule has 0 saturated carbocycles. The van der Waals surface area contributed by atoms with E-state index in [1.54, 1.807) is 0 Å². The molecule has 0 heterocycles. The predicted molar refractivity (Wildman–Crippen MR) is 78.2 cm³/mol. The maximum atomic E-state index is 13.3. The van der Waals surface area contributed by atoms with E-state index in [0.717, 1.165) is 17.3 Å². The van der Waals surface area contributed by atoms with Gasteiger partial charge in [-0.2, -0.15) is 0 Å². The Morgan fingerprint density at radius 2 is 1.90 bits per heavy atom. The number of nitrogens with one attached hydrogen (secondary N) is 1. The normalized spacial score (nSPS) is 11.9. The highest BCUT2D eigenvalue weighted by molar-refractivity contribution is 8.00. The van der Waals surface area contributed by atoms with Crippen molar-refractivity contribution in [1.82, 2.24) is 5.43 Å². The van der Waals surface area contributed by atoms with E-state index in [0.29, 0.717) is 10.6 Å². The van der Waals surface area contributed by atoms with Gasteiger partial charge in [-0.25, -0.2) is 10.2 Å². The Balaban J connectivity index is 2.34. The van der Waals surface area contributed by atoms with Crippen LogP contribution >= 0.6 is 11.8 Å². The van der Waals surface area contributed by atoms with Crippen LogP contribution in [0.5, 0.6) is 0 Å². The molecule has 0 aliphatic carbocycles. The molecule has 0 bridgehead atoms. The van der Waals surface area contributed by atoms with Crippen LogP contribution in [0.3, 0.4) is 0 Å². The summed E-state index contributed by atoms with van der Waals surface area (Å²) in [6.07, 6.45) is 0. The van der Waals surface area contributed by atoms with Crippen LogP contribution in [-0.2, 0) is 4.79 Å². The molecule has 0 radical (unpaired) electrons. The number of rotatable bonds is 4. The highest BCUT2D eigenvalue weighted by atomic mass is 32.2. The second kappa shape index (κ2) is 6.40. The van der Waals surface area contributed by atoms with Crippen molar-refractivity contribution >= 4 is 23.4 Å². The van der Waals surface area contributed by atoms with Gasteiger partial charge >= 0.3 is 0 Å². The molecule has 2 rings (SSSR count). The summed E-state index contributed by atoms with van der Waals surface area (Å²) in [5.41, 5.74) is 9.12. The van der Waals surface area contributed by atoms with Gasteiger partial charge in [-0.05, 0) is 23.8 Å². The van der Waals surface area contributed by atoms with Crippen molar-refractivity contribution in [2.24, 2.45) is 5.84 Å².